The van der Waals surface area contributed by atoms with Gasteiger partial charge in [0, 0.05) is 31.3 Å². The molecule has 126 valence electrons. The Morgan fingerprint density at radius 2 is 1.71 bits per heavy atom. The molecular weight excluding hydrogens is 347 g/mol. The lowest BCUT2D eigenvalue weighted by Crippen LogP contribution is -2.37. The highest BCUT2D eigenvalue weighted by Crippen LogP contribution is 2.27. The van der Waals surface area contributed by atoms with Crippen molar-refractivity contribution >= 4 is 40.7 Å². The van der Waals surface area contributed by atoms with E-state index < -0.39 is 0 Å². The molecule has 0 aliphatic rings. The summed E-state index contributed by atoms with van der Waals surface area (Å²) in [6.45, 7) is 4.09. The molecule has 0 atom stereocenters. The first-order valence-corrected chi connectivity index (χ1v) is 8.22. The number of hydrogen-bond acceptors (Lipinski definition) is 2. The summed E-state index contributed by atoms with van der Waals surface area (Å²) in [5, 5.41) is 3.61. The van der Waals surface area contributed by atoms with Gasteiger partial charge in [-0.25, -0.2) is 0 Å². The lowest BCUT2D eigenvalue weighted by molar-refractivity contribution is -0.116. The summed E-state index contributed by atoms with van der Waals surface area (Å²) < 4.78 is 0. The number of carbonyl (C=O) groups is 2. The maximum absolute atomic E-state index is 12.1. The minimum atomic E-state index is -0.173. The van der Waals surface area contributed by atoms with Gasteiger partial charge in [-0.2, -0.15) is 0 Å². The topological polar surface area (TPSA) is 49.4 Å². The highest BCUT2D eigenvalue weighted by atomic mass is 35.5. The summed E-state index contributed by atoms with van der Waals surface area (Å²) in [5.41, 5.74) is 2.32. The number of nitrogens with zero attached hydrogens (tertiary/aromatic N) is 1. The monoisotopic (exact) mass is 364 g/mol. The first kappa shape index (κ1) is 18.3. The normalized spacial score (nSPS) is 10.3. The van der Waals surface area contributed by atoms with E-state index in [1.165, 1.54) is 11.8 Å². The number of halogens is 2. The van der Waals surface area contributed by atoms with Crippen molar-refractivity contribution in [2.45, 2.75) is 13.8 Å². The molecule has 6 heteroatoms. The number of hydrogen-bond donors (Lipinski definition) is 1. The van der Waals surface area contributed by atoms with Crippen LogP contribution in [-0.2, 0) is 4.79 Å². The molecule has 2 aromatic carbocycles. The van der Waals surface area contributed by atoms with E-state index in [4.69, 9.17) is 23.2 Å². The van der Waals surface area contributed by atoms with Crippen LogP contribution in [0.4, 0.5) is 5.69 Å². The molecule has 2 amide bonds. The summed E-state index contributed by atoms with van der Waals surface area (Å²) in [4.78, 5) is 25.5. The van der Waals surface area contributed by atoms with Crippen LogP contribution in [-0.4, -0.2) is 24.9 Å². The zero-order chi connectivity index (χ0) is 17.7. The molecule has 0 unspecified atom stereocenters. The molecular formula is C18H18Cl2N2O2. The Kier molecular flexibility index (Phi) is 6.23. The molecule has 0 spiro atoms. The van der Waals surface area contributed by atoms with Gasteiger partial charge in [0.25, 0.3) is 5.91 Å². The van der Waals surface area contributed by atoms with Crippen LogP contribution in [0.5, 0.6) is 0 Å². The minimum Gasteiger partial charge on any atom is -0.350 e. The van der Waals surface area contributed by atoms with Crippen LogP contribution in [0.1, 0.15) is 22.8 Å². The van der Waals surface area contributed by atoms with E-state index in [1.807, 2.05) is 19.1 Å². The molecule has 2 rings (SSSR count). The Morgan fingerprint density at radius 1 is 1.04 bits per heavy atom. The zero-order valence-corrected chi connectivity index (χ0v) is 15.0. The minimum absolute atomic E-state index is 0.141. The molecule has 1 N–H and O–H groups in total. The Bertz CT molecular complexity index is 745. The van der Waals surface area contributed by atoms with Crippen LogP contribution in [0.2, 0.25) is 10.0 Å². The fourth-order valence-corrected chi connectivity index (χ4v) is 2.50. The van der Waals surface area contributed by atoms with Crippen LogP contribution >= 0.6 is 23.2 Å². The SMILES string of the molecule is CC(=O)N(CCNC(=O)c1ccc(C)cc1)c1ccc(Cl)c(Cl)c1. The summed E-state index contributed by atoms with van der Waals surface area (Å²) in [5.74, 6) is -0.314. The van der Waals surface area contributed by atoms with Crippen molar-refractivity contribution in [2.24, 2.45) is 0 Å². The van der Waals surface area contributed by atoms with Crippen molar-refractivity contribution in [2.75, 3.05) is 18.0 Å². The Hall–Kier alpha value is -2.04. The number of nitrogens with one attached hydrogen (secondary N) is 1. The van der Waals surface area contributed by atoms with Crippen LogP contribution in [0.25, 0.3) is 0 Å². The summed E-state index contributed by atoms with van der Waals surface area (Å²) in [6.07, 6.45) is 0. The molecule has 0 fully saturated rings. The van der Waals surface area contributed by atoms with Crippen LogP contribution in [0.3, 0.4) is 0 Å². The Morgan fingerprint density at radius 3 is 2.29 bits per heavy atom. The molecule has 24 heavy (non-hydrogen) atoms. The molecule has 0 aliphatic heterocycles. The molecule has 0 aromatic heterocycles. The molecule has 0 bridgehead atoms. The molecule has 0 radical (unpaired) electrons. The molecule has 0 saturated carbocycles. The Labute approximate surface area is 151 Å². The van der Waals surface area contributed by atoms with Crippen molar-refractivity contribution in [3.8, 4) is 0 Å². The van der Waals surface area contributed by atoms with Crippen molar-refractivity contribution in [1.82, 2.24) is 5.32 Å². The molecule has 4 nitrogen and oxygen atoms in total. The van der Waals surface area contributed by atoms with Crippen molar-refractivity contribution in [3.05, 3.63) is 63.6 Å². The van der Waals surface area contributed by atoms with Gasteiger partial charge in [0.05, 0.1) is 10.0 Å². The van der Waals surface area contributed by atoms with E-state index in [-0.39, 0.29) is 11.8 Å². The fraction of sp³-hybridized carbons (Fsp3) is 0.222. The van der Waals surface area contributed by atoms with Crippen molar-refractivity contribution < 1.29 is 9.59 Å². The van der Waals surface area contributed by atoms with Crippen molar-refractivity contribution in [1.29, 1.82) is 0 Å². The number of carbonyl (C=O) groups excluding carboxylic acids is 2. The van der Waals surface area contributed by atoms with E-state index in [0.29, 0.717) is 34.4 Å². The highest BCUT2D eigenvalue weighted by molar-refractivity contribution is 6.42. The Balaban J connectivity index is 1.99. The second-order valence-corrected chi connectivity index (χ2v) is 6.21. The van der Waals surface area contributed by atoms with Gasteiger partial charge in [0.2, 0.25) is 5.91 Å². The first-order valence-electron chi connectivity index (χ1n) is 7.46. The van der Waals surface area contributed by atoms with Gasteiger partial charge >= 0.3 is 0 Å². The predicted molar refractivity (Wildman–Crippen MR) is 98.0 cm³/mol. The van der Waals surface area contributed by atoms with Gasteiger partial charge < -0.3 is 10.2 Å². The van der Waals surface area contributed by atoms with E-state index in [9.17, 15) is 9.59 Å². The first-order chi connectivity index (χ1) is 11.4. The van der Waals surface area contributed by atoms with E-state index in [1.54, 1.807) is 30.3 Å². The zero-order valence-electron chi connectivity index (χ0n) is 13.5. The molecule has 2 aromatic rings. The molecule has 0 aliphatic carbocycles. The number of anilines is 1. The maximum atomic E-state index is 12.1. The average molecular weight is 365 g/mol. The van der Waals surface area contributed by atoms with E-state index in [0.717, 1.165) is 5.56 Å². The second-order valence-electron chi connectivity index (χ2n) is 5.39. The van der Waals surface area contributed by atoms with Gasteiger partial charge in [-0.05, 0) is 37.3 Å². The average Bonchev–Trinajstić information content (AvgIpc) is 2.54. The fourth-order valence-electron chi connectivity index (χ4n) is 2.21. The second kappa shape index (κ2) is 8.18. The quantitative estimate of drug-likeness (QED) is 0.868. The highest BCUT2D eigenvalue weighted by Gasteiger charge is 2.13. The lowest BCUT2D eigenvalue weighted by atomic mass is 10.1. The third-order valence-electron chi connectivity index (χ3n) is 3.53. The maximum Gasteiger partial charge on any atom is 0.251 e. The van der Waals surface area contributed by atoms with Crippen LogP contribution < -0.4 is 10.2 Å². The van der Waals surface area contributed by atoms with Crippen LogP contribution in [0, 0.1) is 6.92 Å². The predicted octanol–water partition coefficient (Wildman–Crippen LogP) is 4.08. The van der Waals surface area contributed by atoms with Gasteiger partial charge in [-0.15, -0.1) is 0 Å². The van der Waals surface area contributed by atoms with Gasteiger partial charge in [0.1, 0.15) is 0 Å². The number of benzene rings is 2. The number of amides is 2. The summed E-state index contributed by atoms with van der Waals surface area (Å²) >= 11 is 11.9. The number of rotatable bonds is 5. The standard InChI is InChI=1S/C18H18Cl2N2O2/c1-12-3-5-14(6-4-12)18(24)21-9-10-22(13(2)23)15-7-8-16(19)17(20)11-15/h3-8,11H,9-10H2,1-2H3,(H,21,24). The lowest BCUT2D eigenvalue weighted by Gasteiger charge is -2.22. The third kappa shape index (κ3) is 4.73. The molecule has 0 heterocycles. The smallest absolute Gasteiger partial charge is 0.251 e. The van der Waals surface area contributed by atoms with E-state index >= 15 is 0 Å². The van der Waals surface area contributed by atoms with Crippen molar-refractivity contribution in [3.63, 3.8) is 0 Å². The van der Waals surface area contributed by atoms with Crippen LogP contribution in [0.15, 0.2) is 42.5 Å². The molecule has 0 saturated heterocycles. The summed E-state index contributed by atoms with van der Waals surface area (Å²) in [6, 6.07) is 12.3. The van der Waals surface area contributed by atoms with E-state index in [2.05, 4.69) is 5.32 Å². The summed E-state index contributed by atoms with van der Waals surface area (Å²) in [7, 11) is 0. The largest absolute Gasteiger partial charge is 0.350 e. The number of aryl methyl sites for hydroxylation is 1. The van der Waals surface area contributed by atoms with Gasteiger partial charge in [-0.3, -0.25) is 9.59 Å². The van der Waals surface area contributed by atoms with Gasteiger partial charge in [0.15, 0.2) is 0 Å². The third-order valence-corrected chi connectivity index (χ3v) is 4.27. The van der Waals surface area contributed by atoms with Gasteiger partial charge in [-0.1, -0.05) is 40.9 Å².